The van der Waals surface area contributed by atoms with Gasteiger partial charge < -0.3 is 5.11 Å². The molecular weight excluding hydrogens is 150 g/mol. The van der Waals surface area contributed by atoms with Gasteiger partial charge in [-0.1, -0.05) is 0 Å². The summed E-state index contributed by atoms with van der Waals surface area (Å²) < 4.78 is 25.4. The Morgan fingerprint density at radius 2 is 1.55 bits per heavy atom. The highest BCUT2D eigenvalue weighted by atomic mass is 19.3. The second-order valence-corrected chi connectivity index (χ2v) is 3.91. The lowest BCUT2D eigenvalue weighted by Crippen LogP contribution is -2.13. The van der Waals surface area contributed by atoms with Crippen molar-refractivity contribution in [2.45, 2.75) is 37.7 Å². The number of fused-ring (bicyclic) bond motifs is 1. The quantitative estimate of drug-likeness (QED) is 0.576. The molecule has 0 spiro atoms. The van der Waals surface area contributed by atoms with Crippen molar-refractivity contribution in [3.8, 4) is 0 Å². The number of hydrogen-bond donors (Lipinski definition) is 1. The molecule has 0 saturated heterocycles. The normalized spacial score (nSPS) is 47.7. The van der Waals surface area contributed by atoms with Crippen molar-refractivity contribution in [3.05, 3.63) is 0 Å². The molecule has 2 aliphatic rings. The second-order valence-electron chi connectivity index (χ2n) is 3.91. The van der Waals surface area contributed by atoms with Crippen LogP contribution >= 0.6 is 0 Å². The number of aliphatic hydroxyl groups excluding tert-OH is 1. The zero-order chi connectivity index (χ0) is 8.06. The lowest BCUT2D eigenvalue weighted by Gasteiger charge is -2.09. The fourth-order valence-electron chi connectivity index (χ4n) is 2.53. The average molecular weight is 162 g/mol. The summed E-state index contributed by atoms with van der Waals surface area (Å²) in [5, 5.41) is 9.16. The van der Waals surface area contributed by atoms with Gasteiger partial charge in [0.05, 0.1) is 6.10 Å². The fraction of sp³-hybridized carbons (Fsp3) is 1.00. The monoisotopic (exact) mass is 162 g/mol. The van der Waals surface area contributed by atoms with E-state index < -0.39 is 5.92 Å². The number of alkyl halides is 2. The van der Waals surface area contributed by atoms with Gasteiger partial charge in [0.25, 0.3) is 0 Å². The van der Waals surface area contributed by atoms with Crippen LogP contribution in [0.5, 0.6) is 0 Å². The van der Waals surface area contributed by atoms with Crippen molar-refractivity contribution >= 4 is 0 Å². The molecule has 2 aliphatic carbocycles. The number of hydrogen-bond acceptors (Lipinski definition) is 1. The van der Waals surface area contributed by atoms with E-state index in [1.165, 1.54) is 0 Å². The van der Waals surface area contributed by atoms with Crippen molar-refractivity contribution < 1.29 is 13.9 Å². The summed E-state index contributed by atoms with van der Waals surface area (Å²) in [5.41, 5.74) is 0. The maximum absolute atomic E-state index is 12.7. The van der Waals surface area contributed by atoms with Crippen LogP contribution in [0.1, 0.15) is 25.7 Å². The maximum atomic E-state index is 12.7. The Kier molecular flexibility index (Phi) is 1.46. The molecular formula is C8H12F2O. The van der Waals surface area contributed by atoms with Gasteiger partial charge in [0.1, 0.15) is 0 Å². The first-order chi connectivity index (χ1) is 5.07. The van der Waals surface area contributed by atoms with Gasteiger partial charge in [0.15, 0.2) is 0 Å². The van der Waals surface area contributed by atoms with Gasteiger partial charge in [0, 0.05) is 12.8 Å². The van der Waals surface area contributed by atoms with Gasteiger partial charge in [-0.15, -0.1) is 0 Å². The van der Waals surface area contributed by atoms with E-state index in [1.807, 2.05) is 0 Å². The summed E-state index contributed by atoms with van der Waals surface area (Å²) in [7, 11) is 0. The first-order valence-corrected chi connectivity index (χ1v) is 4.13. The summed E-state index contributed by atoms with van der Waals surface area (Å²) in [6.07, 6.45) is 0.908. The molecule has 0 amide bonds. The highest BCUT2D eigenvalue weighted by molar-refractivity contribution is 4.94. The molecule has 0 aromatic heterocycles. The Hall–Kier alpha value is -0.180. The fourth-order valence-corrected chi connectivity index (χ4v) is 2.53. The minimum atomic E-state index is -2.44. The zero-order valence-electron chi connectivity index (χ0n) is 6.26. The van der Waals surface area contributed by atoms with Gasteiger partial charge >= 0.3 is 0 Å². The maximum Gasteiger partial charge on any atom is 0.248 e. The zero-order valence-corrected chi connectivity index (χ0v) is 6.26. The van der Waals surface area contributed by atoms with Crippen LogP contribution in [-0.4, -0.2) is 17.1 Å². The molecule has 64 valence electrons. The van der Waals surface area contributed by atoms with Crippen LogP contribution in [0.4, 0.5) is 8.78 Å². The van der Waals surface area contributed by atoms with Crippen LogP contribution < -0.4 is 0 Å². The van der Waals surface area contributed by atoms with Crippen molar-refractivity contribution in [1.29, 1.82) is 0 Å². The summed E-state index contributed by atoms with van der Waals surface area (Å²) in [5.74, 6) is -2.24. The number of rotatable bonds is 0. The van der Waals surface area contributed by atoms with E-state index in [4.69, 9.17) is 5.11 Å². The van der Waals surface area contributed by atoms with Crippen LogP contribution in [0.15, 0.2) is 0 Å². The molecule has 1 N–H and O–H groups in total. The molecule has 11 heavy (non-hydrogen) atoms. The smallest absolute Gasteiger partial charge is 0.248 e. The highest BCUT2D eigenvalue weighted by Gasteiger charge is 2.50. The van der Waals surface area contributed by atoms with E-state index in [0.717, 1.165) is 0 Å². The third-order valence-electron chi connectivity index (χ3n) is 2.94. The Bertz CT molecular complexity index is 153. The minimum Gasteiger partial charge on any atom is -0.393 e. The molecule has 2 atom stereocenters. The van der Waals surface area contributed by atoms with Gasteiger partial charge in [-0.05, 0) is 24.7 Å². The highest BCUT2D eigenvalue weighted by Crippen LogP contribution is 2.50. The number of halogens is 2. The Morgan fingerprint density at radius 1 is 1.09 bits per heavy atom. The standard InChI is InChI=1S/C8H12F2O/c9-8(10)3-5-1-7(11)2-6(5)4-8/h5-7,11H,1-4H2. The Morgan fingerprint density at radius 3 is 2.00 bits per heavy atom. The summed E-state index contributed by atoms with van der Waals surface area (Å²) in [6.45, 7) is 0. The number of aliphatic hydroxyl groups is 1. The summed E-state index contributed by atoms with van der Waals surface area (Å²) in [4.78, 5) is 0. The van der Waals surface area contributed by atoms with E-state index in [9.17, 15) is 8.78 Å². The van der Waals surface area contributed by atoms with E-state index in [1.54, 1.807) is 0 Å². The average Bonchev–Trinajstić information content (AvgIpc) is 2.17. The molecule has 0 bridgehead atoms. The third kappa shape index (κ3) is 1.26. The predicted molar refractivity (Wildman–Crippen MR) is 36.4 cm³/mol. The molecule has 0 heterocycles. The van der Waals surface area contributed by atoms with Crippen LogP contribution in [0.25, 0.3) is 0 Å². The van der Waals surface area contributed by atoms with E-state index in [-0.39, 0.29) is 30.8 Å². The van der Waals surface area contributed by atoms with Crippen LogP contribution in [0.2, 0.25) is 0 Å². The van der Waals surface area contributed by atoms with Gasteiger partial charge in [-0.2, -0.15) is 0 Å². The van der Waals surface area contributed by atoms with Crippen LogP contribution in [0, 0.1) is 11.8 Å². The van der Waals surface area contributed by atoms with Crippen molar-refractivity contribution in [3.63, 3.8) is 0 Å². The van der Waals surface area contributed by atoms with E-state index in [2.05, 4.69) is 0 Å². The third-order valence-corrected chi connectivity index (χ3v) is 2.94. The Labute approximate surface area is 64.4 Å². The van der Waals surface area contributed by atoms with Crippen molar-refractivity contribution in [2.75, 3.05) is 0 Å². The SMILES string of the molecule is OC1CC2CC(F)(F)CC2C1. The topological polar surface area (TPSA) is 20.2 Å². The molecule has 0 radical (unpaired) electrons. The van der Waals surface area contributed by atoms with Gasteiger partial charge in [-0.3, -0.25) is 0 Å². The first-order valence-electron chi connectivity index (χ1n) is 4.13. The lowest BCUT2D eigenvalue weighted by atomic mass is 10.0. The van der Waals surface area contributed by atoms with Crippen molar-refractivity contribution in [1.82, 2.24) is 0 Å². The largest absolute Gasteiger partial charge is 0.393 e. The molecule has 0 aromatic carbocycles. The predicted octanol–water partition coefficient (Wildman–Crippen LogP) is 1.80. The van der Waals surface area contributed by atoms with Crippen LogP contribution in [-0.2, 0) is 0 Å². The summed E-state index contributed by atoms with van der Waals surface area (Å²) >= 11 is 0. The van der Waals surface area contributed by atoms with E-state index in [0.29, 0.717) is 12.8 Å². The molecule has 0 aliphatic heterocycles. The summed E-state index contributed by atoms with van der Waals surface area (Å²) in [6, 6.07) is 0. The molecule has 2 saturated carbocycles. The molecule has 2 rings (SSSR count). The van der Waals surface area contributed by atoms with Gasteiger partial charge in [0.2, 0.25) is 5.92 Å². The minimum absolute atomic E-state index is 0.00866. The second kappa shape index (κ2) is 2.16. The lowest BCUT2D eigenvalue weighted by molar-refractivity contribution is -0.00401. The van der Waals surface area contributed by atoms with E-state index >= 15 is 0 Å². The molecule has 3 heteroatoms. The molecule has 0 aromatic rings. The first kappa shape index (κ1) is 7.47. The van der Waals surface area contributed by atoms with Crippen LogP contribution in [0.3, 0.4) is 0 Å². The van der Waals surface area contributed by atoms with Crippen molar-refractivity contribution in [2.24, 2.45) is 11.8 Å². The Balaban J connectivity index is 2.04. The molecule has 1 nitrogen and oxygen atoms in total. The molecule has 2 unspecified atom stereocenters. The van der Waals surface area contributed by atoms with Gasteiger partial charge in [-0.25, -0.2) is 8.78 Å². The molecule has 2 fully saturated rings.